The molecule has 0 atom stereocenters. The molecule has 0 spiro atoms. The molecule has 2 N–H and O–H groups in total. The highest BCUT2D eigenvalue weighted by molar-refractivity contribution is 5.94. The van der Waals surface area contributed by atoms with E-state index in [-0.39, 0.29) is 18.4 Å². The molecule has 0 aliphatic heterocycles. The van der Waals surface area contributed by atoms with Crippen molar-refractivity contribution < 1.29 is 14.3 Å². The van der Waals surface area contributed by atoms with Gasteiger partial charge in [0, 0.05) is 17.8 Å². The van der Waals surface area contributed by atoms with Crippen LogP contribution < -0.4 is 15.4 Å². The minimum absolute atomic E-state index is 0.0725. The van der Waals surface area contributed by atoms with E-state index in [0.717, 1.165) is 11.1 Å². The van der Waals surface area contributed by atoms with E-state index in [1.54, 1.807) is 31.2 Å². The Morgan fingerprint density at radius 1 is 0.958 bits per heavy atom. The van der Waals surface area contributed by atoms with Gasteiger partial charge in [-0.2, -0.15) is 0 Å². The molecule has 126 valence electrons. The Hall–Kier alpha value is -2.82. The van der Waals surface area contributed by atoms with Crippen LogP contribution in [0.25, 0.3) is 0 Å². The van der Waals surface area contributed by atoms with Crippen LogP contribution in [0.15, 0.2) is 42.5 Å². The minimum atomic E-state index is -0.256. The van der Waals surface area contributed by atoms with Gasteiger partial charge < -0.3 is 15.4 Å². The Morgan fingerprint density at radius 2 is 1.62 bits per heavy atom. The average Bonchev–Trinajstić information content (AvgIpc) is 2.54. The fraction of sp³-hybridized carbons (Fsp3) is 0.263. The monoisotopic (exact) mass is 326 g/mol. The fourth-order valence-electron chi connectivity index (χ4n) is 2.23. The van der Waals surface area contributed by atoms with Gasteiger partial charge in [-0.3, -0.25) is 9.59 Å². The molecule has 0 bridgehead atoms. The van der Waals surface area contributed by atoms with Crippen molar-refractivity contribution in [2.24, 2.45) is 0 Å². The summed E-state index contributed by atoms with van der Waals surface area (Å²) < 4.78 is 5.56. The largest absolute Gasteiger partial charge is 0.483 e. The molecular weight excluding hydrogens is 304 g/mol. The molecule has 2 aromatic carbocycles. The smallest absolute Gasteiger partial charge is 0.262 e. The van der Waals surface area contributed by atoms with Crippen LogP contribution in [0, 0.1) is 13.8 Å². The zero-order valence-corrected chi connectivity index (χ0v) is 14.2. The van der Waals surface area contributed by atoms with Gasteiger partial charge in [0.15, 0.2) is 6.61 Å². The third kappa shape index (κ3) is 5.12. The summed E-state index contributed by atoms with van der Waals surface area (Å²) in [5.74, 6) is 0.366. The summed E-state index contributed by atoms with van der Waals surface area (Å²) in [4.78, 5) is 23.4. The lowest BCUT2D eigenvalue weighted by atomic mass is 10.1. The lowest BCUT2D eigenvalue weighted by Gasteiger charge is -2.11. The van der Waals surface area contributed by atoms with E-state index < -0.39 is 0 Å². The third-order valence-corrected chi connectivity index (χ3v) is 3.44. The second-order valence-electron chi connectivity index (χ2n) is 5.59. The molecule has 0 aliphatic rings. The SMILES string of the molecule is CCC(=O)Nc1cccc(NC(=O)COc2ccc(C)cc2C)c1. The van der Waals surface area contributed by atoms with Gasteiger partial charge in [0.1, 0.15) is 5.75 Å². The van der Waals surface area contributed by atoms with E-state index in [0.29, 0.717) is 23.5 Å². The average molecular weight is 326 g/mol. The van der Waals surface area contributed by atoms with Crippen LogP contribution in [0.5, 0.6) is 5.75 Å². The first-order valence-corrected chi connectivity index (χ1v) is 7.87. The second kappa shape index (κ2) is 8.15. The summed E-state index contributed by atoms with van der Waals surface area (Å²) in [6.45, 7) is 5.66. The highest BCUT2D eigenvalue weighted by Crippen LogP contribution is 2.19. The van der Waals surface area contributed by atoms with Crippen molar-refractivity contribution >= 4 is 23.2 Å². The molecule has 0 aliphatic carbocycles. The molecule has 24 heavy (non-hydrogen) atoms. The summed E-state index contributed by atoms with van der Waals surface area (Å²) in [7, 11) is 0. The maximum Gasteiger partial charge on any atom is 0.262 e. The predicted molar refractivity (Wildman–Crippen MR) is 95.4 cm³/mol. The quantitative estimate of drug-likeness (QED) is 0.851. The summed E-state index contributed by atoms with van der Waals surface area (Å²) in [5.41, 5.74) is 3.40. The predicted octanol–water partition coefficient (Wildman–Crippen LogP) is 3.67. The van der Waals surface area contributed by atoms with E-state index in [2.05, 4.69) is 10.6 Å². The topological polar surface area (TPSA) is 67.4 Å². The molecule has 2 rings (SSSR count). The van der Waals surface area contributed by atoms with Gasteiger partial charge in [-0.15, -0.1) is 0 Å². The lowest BCUT2D eigenvalue weighted by Crippen LogP contribution is -2.20. The Morgan fingerprint density at radius 3 is 2.25 bits per heavy atom. The number of carbonyl (C=O) groups is 2. The van der Waals surface area contributed by atoms with E-state index >= 15 is 0 Å². The molecule has 0 heterocycles. The van der Waals surface area contributed by atoms with E-state index in [1.807, 2.05) is 32.0 Å². The minimum Gasteiger partial charge on any atom is -0.483 e. The number of benzene rings is 2. The molecule has 5 nitrogen and oxygen atoms in total. The van der Waals surface area contributed by atoms with Gasteiger partial charge in [0.2, 0.25) is 5.91 Å². The number of carbonyl (C=O) groups excluding carboxylic acids is 2. The number of anilines is 2. The summed E-state index contributed by atoms with van der Waals surface area (Å²) in [6, 6.07) is 12.8. The van der Waals surface area contributed by atoms with Gasteiger partial charge in [-0.05, 0) is 43.7 Å². The van der Waals surface area contributed by atoms with Crippen molar-refractivity contribution in [3.8, 4) is 5.75 Å². The molecule has 0 aromatic heterocycles. The summed E-state index contributed by atoms with van der Waals surface area (Å²) in [6.07, 6.45) is 0.403. The number of hydrogen-bond acceptors (Lipinski definition) is 3. The normalized spacial score (nSPS) is 10.1. The summed E-state index contributed by atoms with van der Waals surface area (Å²) >= 11 is 0. The van der Waals surface area contributed by atoms with Crippen molar-refractivity contribution in [1.29, 1.82) is 0 Å². The van der Waals surface area contributed by atoms with Crippen LogP contribution >= 0.6 is 0 Å². The zero-order chi connectivity index (χ0) is 17.5. The highest BCUT2D eigenvalue weighted by atomic mass is 16.5. The fourth-order valence-corrected chi connectivity index (χ4v) is 2.23. The molecule has 5 heteroatoms. The molecule has 0 saturated heterocycles. The van der Waals surface area contributed by atoms with E-state index in [9.17, 15) is 9.59 Å². The Kier molecular flexibility index (Phi) is 5.95. The van der Waals surface area contributed by atoms with Crippen molar-refractivity contribution in [2.75, 3.05) is 17.2 Å². The molecule has 2 amide bonds. The first kappa shape index (κ1) is 17.5. The molecule has 0 fully saturated rings. The Bertz CT molecular complexity index is 741. The Labute approximate surface area is 142 Å². The molecular formula is C19H22N2O3. The van der Waals surface area contributed by atoms with Gasteiger partial charge in [0.05, 0.1) is 0 Å². The number of hydrogen-bond donors (Lipinski definition) is 2. The highest BCUT2D eigenvalue weighted by Gasteiger charge is 2.07. The van der Waals surface area contributed by atoms with Crippen LogP contribution in [-0.2, 0) is 9.59 Å². The second-order valence-corrected chi connectivity index (χ2v) is 5.59. The number of ether oxygens (including phenoxy) is 1. The first-order valence-electron chi connectivity index (χ1n) is 7.87. The zero-order valence-electron chi connectivity index (χ0n) is 14.2. The number of aryl methyl sites for hydroxylation is 2. The molecule has 0 saturated carbocycles. The number of rotatable bonds is 6. The van der Waals surface area contributed by atoms with Gasteiger partial charge in [-0.25, -0.2) is 0 Å². The number of nitrogens with one attached hydrogen (secondary N) is 2. The molecule has 2 aromatic rings. The van der Waals surface area contributed by atoms with Gasteiger partial charge >= 0.3 is 0 Å². The van der Waals surface area contributed by atoms with Crippen LogP contribution in [0.3, 0.4) is 0 Å². The summed E-state index contributed by atoms with van der Waals surface area (Å²) in [5, 5.41) is 5.51. The molecule has 0 unspecified atom stereocenters. The van der Waals surface area contributed by atoms with Gasteiger partial charge in [-0.1, -0.05) is 30.7 Å². The van der Waals surface area contributed by atoms with Crippen LogP contribution in [-0.4, -0.2) is 18.4 Å². The van der Waals surface area contributed by atoms with Crippen molar-refractivity contribution in [3.63, 3.8) is 0 Å². The third-order valence-electron chi connectivity index (χ3n) is 3.44. The first-order chi connectivity index (χ1) is 11.5. The van der Waals surface area contributed by atoms with E-state index in [1.165, 1.54) is 0 Å². The van der Waals surface area contributed by atoms with Crippen LogP contribution in [0.2, 0.25) is 0 Å². The van der Waals surface area contributed by atoms with Gasteiger partial charge in [0.25, 0.3) is 5.91 Å². The Balaban J connectivity index is 1.92. The number of amides is 2. The van der Waals surface area contributed by atoms with Crippen LogP contribution in [0.1, 0.15) is 24.5 Å². The maximum absolute atomic E-state index is 12.0. The van der Waals surface area contributed by atoms with Crippen molar-refractivity contribution in [2.45, 2.75) is 27.2 Å². The van der Waals surface area contributed by atoms with Crippen molar-refractivity contribution in [1.82, 2.24) is 0 Å². The van der Waals surface area contributed by atoms with E-state index in [4.69, 9.17) is 4.74 Å². The van der Waals surface area contributed by atoms with Crippen LogP contribution in [0.4, 0.5) is 11.4 Å². The van der Waals surface area contributed by atoms with Crippen molar-refractivity contribution in [3.05, 3.63) is 53.6 Å². The molecule has 0 radical (unpaired) electrons. The standard InChI is InChI=1S/C19H22N2O3/c1-4-18(22)20-15-6-5-7-16(11-15)21-19(23)12-24-17-9-8-13(2)10-14(17)3/h5-11H,4,12H2,1-3H3,(H,20,22)(H,21,23). The lowest BCUT2D eigenvalue weighted by molar-refractivity contribution is -0.118. The maximum atomic E-state index is 12.0.